The Kier molecular flexibility index (Phi) is 5.50. The largest absolute Gasteiger partial charge is 0.372 e. The maximum atomic E-state index is 13.0. The second-order valence-corrected chi connectivity index (χ2v) is 8.12. The third-order valence-electron chi connectivity index (χ3n) is 5.78. The van der Waals surface area contributed by atoms with Gasteiger partial charge in [-0.1, -0.05) is 23.9 Å². The molecule has 1 aromatic heterocycles. The fourth-order valence-corrected chi connectivity index (χ4v) is 4.71. The zero-order valence-electron chi connectivity index (χ0n) is 17.0. The molecule has 2 heterocycles. The monoisotopic (exact) mass is 410 g/mol. The van der Waals surface area contributed by atoms with Gasteiger partial charge in [0.15, 0.2) is 10.9 Å². The second kappa shape index (κ2) is 8.06. The van der Waals surface area contributed by atoms with E-state index < -0.39 is 0 Å². The smallest absolute Gasteiger partial charge is 0.257 e. The molecule has 2 N–H and O–H groups in total. The van der Waals surface area contributed by atoms with E-state index in [1.54, 1.807) is 0 Å². The summed E-state index contributed by atoms with van der Waals surface area (Å²) < 4.78 is 0. The van der Waals surface area contributed by atoms with Crippen molar-refractivity contribution >= 4 is 29.1 Å². The summed E-state index contributed by atoms with van der Waals surface area (Å²) in [7, 11) is 0. The lowest BCUT2D eigenvalue weighted by Crippen LogP contribution is -2.32. The Bertz CT molecular complexity index is 1020. The number of aromatic amines is 1. The number of rotatable bonds is 5. The van der Waals surface area contributed by atoms with Crippen LogP contribution in [0.3, 0.4) is 0 Å². The lowest BCUT2D eigenvalue weighted by atomic mass is 9.76. The molecule has 1 atom stereocenters. The minimum absolute atomic E-state index is 0.121. The zero-order valence-corrected chi connectivity index (χ0v) is 17.9. The number of allylic oxidation sites excluding steroid dienone is 2. The van der Waals surface area contributed by atoms with Crippen LogP contribution >= 0.6 is 11.8 Å². The number of hydrogen-bond acceptors (Lipinski definition) is 6. The van der Waals surface area contributed by atoms with E-state index in [4.69, 9.17) is 0 Å². The van der Waals surface area contributed by atoms with Crippen molar-refractivity contribution in [2.24, 2.45) is 0 Å². The van der Waals surface area contributed by atoms with Crippen molar-refractivity contribution in [3.05, 3.63) is 57.0 Å². The molecule has 0 radical (unpaired) electrons. The fourth-order valence-electron chi connectivity index (χ4n) is 4.34. The number of Topliss-reactive ketones (excluding diaryl/α,β-unsaturated/α-hetero) is 1. The molecule has 0 unspecified atom stereocenters. The maximum absolute atomic E-state index is 13.0. The molecule has 0 spiro atoms. The quantitative estimate of drug-likeness (QED) is 0.575. The molecule has 0 saturated heterocycles. The van der Waals surface area contributed by atoms with Crippen LogP contribution < -0.4 is 15.8 Å². The number of fused-ring (bicyclic) bond motifs is 1. The van der Waals surface area contributed by atoms with E-state index in [-0.39, 0.29) is 17.3 Å². The van der Waals surface area contributed by atoms with Crippen molar-refractivity contribution in [3.8, 4) is 0 Å². The Hall–Kier alpha value is -2.54. The van der Waals surface area contributed by atoms with E-state index in [9.17, 15) is 9.59 Å². The number of benzene rings is 1. The van der Waals surface area contributed by atoms with Gasteiger partial charge >= 0.3 is 0 Å². The minimum atomic E-state index is -0.382. The molecule has 2 aromatic rings. The standard InChI is InChI=1S/C22H26N4O2S/c1-4-26(5-2)14-11-9-13(10-12-14)17-18-15(7-6-8-16(18)27)23-20-19(17)21(28)25-22(24-20)29-3/h9-12,17H,4-8H2,1-3H3,(H2,23,24,25,28)/t17-/m1/s1. The summed E-state index contributed by atoms with van der Waals surface area (Å²) in [5, 5.41) is 3.87. The van der Waals surface area contributed by atoms with Gasteiger partial charge in [-0.15, -0.1) is 0 Å². The molecule has 0 amide bonds. The van der Waals surface area contributed by atoms with Gasteiger partial charge in [0.05, 0.1) is 5.56 Å². The molecular formula is C22H26N4O2S. The number of anilines is 2. The third-order valence-corrected chi connectivity index (χ3v) is 6.36. The molecule has 152 valence electrons. The van der Waals surface area contributed by atoms with Crippen LogP contribution in [0.5, 0.6) is 0 Å². The van der Waals surface area contributed by atoms with Gasteiger partial charge in [-0.2, -0.15) is 0 Å². The maximum Gasteiger partial charge on any atom is 0.257 e. The Morgan fingerprint density at radius 2 is 1.86 bits per heavy atom. The van der Waals surface area contributed by atoms with Crippen molar-refractivity contribution in [1.29, 1.82) is 0 Å². The lowest BCUT2D eigenvalue weighted by molar-refractivity contribution is -0.116. The second-order valence-electron chi connectivity index (χ2n) is 7.33. The third kappa shape index (κ3) is 3.48. The van der Waals surface area contributed by atoms with Crippen molar-refractivity contribution in [3.63, 3.8) is 0 Å². The topological polar surface area (TPSA) is 78.1 Å². The Morgan fingerprint density at radius 1 is 1.14 bits per heavy atom. The Balaban J connectivity index is 1.87. The summed E-state index contributed by atoms with van der Waals surface area (Å²) in [6.45, 7) is 6.13. The Labute approximate surface area is 174 Å². The van der Waals surface area contributed by atoms with E-state index in [1.165, 1.54) is 11.8 Å². The van der Waals surface area contributed by atoms with E-state index >= 15 is 0 Å². The number of thioether (sulfide) groups is 1. The number of nitrogens with one attached hydrogen (secondary N) is 2. The van der Waals surface area contributed by atoms with Crippen LogP contribution in [0.1, 0.15) is 50.2 Å². The highest BCUT2D eigenvalue weighted by atomic mass is 32.2. The number of hydrogen-bond donors (Lipinski definition) is 2. The van der Waals surface area contributed by atoms with Crippen LogP contribution in [-0.2, 0) is 4.79 Å². The van der Waals surface area contributed by atoms with Crippen molar-refractivity contribution < 1.29 is 4.79 Å². The van der Waals surface area contributed by atoms with E-state index in [0.29, 0.717) is 23.0 Å². The van der Waals surface area contributed by atoms with Crippen LogP contribution in [0, 0.1) is 0 Å². The van der Waals surface area contributed by atoms with Crippen LogP contribution in [-0.4, -0.2) is 35.1 Å². The number of nitrogens with zero attached hydrogens (tertiary/aromatic N) is 2. The molecule has 0 fully saturated rings. The highest BCUT2D eigenvalue weighted by Gasteiger charge is 2.37. The van der Waals surface area contributed by atoms with Gasteiger partial charge in [0.1, 0.15) is 5.82 Å². The van der Waals surface area contributed by atoms with Gasteiger partial charge in [-0.3, -0.25) is 9.59 Å². The number of aromatic nitrogens is 2. The van der Waals surface area contributed by atoms with E-state index in [1.807, 2.05) is 18.4 Å². The summed E-state index contributed by atoms with van der Waals surface area (Å²) in [5.41, 5.74) is 4.08. The summed E-state index contributed by atoms with van der Waals surface area (Å²) in [6.07, 6.45) is 4.04. The van der Waals surface area contributed by atoms with Gasteiger partial charge in [0, 0.05) is 42.4 Å². The van der Waals surface area contributed by atoms with Gasteiger partial charge in [-0.05, 0) is 50.6 Å². The first-order valence-corrected chi connectivity index (χ1v) is 11.4. The van der Waals surface area contributed by atoms with Crippen molar-refractivity contribution in [1.82, 2.24) is 9.97 Å². The summed E-state index contributed by atoms with van der Waals surface area (Å²) in [5.74, 6) is 0.312. The SMILES string of the molecule is CCN(CC)c1ccc([C@@H]2C3=C(CCCC3=O)Nc3nc(SC)[nH]c(=O)c32)cc1. The first-order valence-electron chi connectivity index (χ1n) is 10.1. The molecule has 2 aliphatic rings. The molecule has 6 nitrogen and oxygen atoms in total. The molecule has 29 heavy (non-hydrogen) atoms. The predicted octanol–water partition coefficient (Wildman–Crippen LogP) is 3.90. The molecule has 1 aliphatic heterocycles. The molecule has 1 aromatic carbocycles. The molecule has 4 rings (SSSR count). The van der Waals surface area contributed by atoms with Crippen molar-refractivity contribution in [2.75, 3.05) is 29.6 Å². The number of H-pyrrole nitrogens is 1. The highest BCUT2D eigenvalue weighted by Crippen LogP contribution is 2.43. The van der Waals surface area contributed by atoms with Crippen LogP contribution in [0.2, 0.25) is 0 Å². The number of carbonyl (C=O) groups excluding carboxylic acids is 1. The first kappa shape index (κ1) is 19.8. The molecular weight excluding hydrogens is 384 g/mol. The van der Waals surface area contributed by atoms with Crippen molar-refractivity contribution in [2.45, 2.75) is 44.2 Å². The van der Waals surface area contributed by atoms with Crippen LogP contribution in [0.4, 0.5) is 11.5 Å². The summed E-state index contributed by atoms with van der Waals surface area (Å²) in [6, 6.07) is 8.24. The molecule has 7 heteroatoms. The van der Waals surface area contributed by atoms with Gasteiger partial charge in [0.2, 0.25) is 0 Å². The predicted molar refractivity (Wildman–Crippen MR) is 118 cm³/mol. The molecule has 0 bridgehead atoms. The minimum Gasteiger partial charge on any atom is -0.372 e. The lowest BCUT2D eigenvalue weighted by Gasteiger charge is -2.33. The Morgan fingerprint density at radius 3 is 2.52 bits per heavy atom. The van der Waals surface area contributed by atoms with Gasteiger partial charge in [0.25, 0.3) is 5.56 Å². The molecule has 1 aliphatic carbocycles. The van der Waals surface area contributed by atoms with E-state index in [0.717, 1.165) is 48.5 Å². The average molecular weight is 411 g/mol. The molecule has 0 saturated carbocycles. The van der Waals surface area contributed by atoms with E-state index in [2.05, 4.69) is 46.2 Å². The normalized spacial score (nSPS) is 18.2. The number of carbonyl (C=O) groups is 1. The highest BCUT2D eigenvalue weighted by molar-refractivity contribution is 7.98. The summed E-state index contributed by atoms with van der Waals surface area (Å²) >= 11 is 1.40. The zero-order chi connectivity index (χ0) is 20.5. The first-order chi connectivity index (χ1) is 14.1. The van der Waals surface area contributed by atoms with Crippen LogP contribution in [0.25, 0.3) is 0 Å². The summed E-state index contributed by atoms with van der Waals surface area (Å²) in [4.78, 5) is 35.6. The average Bonchev–Trinajstić information content (AvgIpc) is 2.74. The van der Waals surface area contributed by atoms with Gasteiger partial charge in [-0.25, -0.2) is 4.98 Å². The number of ketones is 1. The van der Waals surface area contributed by atoms with Crippen LogP contribution in [0.15, 0.2) is 45.5 Å². The fraction of sp³-hybridized carbons (Fsp3) is 0.409. The van der Waals surface area contributed by atoms with Gasteiger partial charge < -0.3 is 15.2 Å².